The van der Waals surface area contributed by atoms with Gasteiger partial charge in [0.1, 0.15) is 6.54 Å². The van der Waals surface area contributed by atoms with E-state index >= 15 is 0 Å². The molecule has 0 fully saturated rings. The van der Waals surface area contributed by atoms with Crippen LogP contribution in [-0.2, 0) is 28.9 Å². The van der Waals surface area contributed by atoms with Crippen LogP contribution < -0.4 is 5.73 Å². The Morgan fingerprint density at radius 3 is 2.40 bits per heavy atom. The third-order valence-electron chi connectivity index (χ3n) is 3.43. The van der Waals surface area contributed by atoms with E-state index in [2.05, 4.69) is 5.10 Å². The van der Waals surface area contributed by atoms with Crippen LogP contribution in [0.25, 0.3) is 0 Å². The van der Waals surface area contributed by atoms with Gasteiger partial charge in [0.2, 0.25) is 11.8 Å². The lowest BCUT2D eigenvalue weighted by Crippen LogP contribution is -2.36. The van der Waals surface area contributed by atoms with Crippen LogP contribution in [0.1, 0.15) is 17.7 Å². The molecule has 6 nitrogen and oxygen atoms in total. The zero-order valence-corrected chi connectivity index (χ0v) is 13.2. The van der Waals surface area contributed by atoms with Gasteiger partial charge in [-0.3, -0.25) is 14.3 Å². The number of nitrogens with two attached hydrogens (primary N) is 1. The van der Waals surface area contributed by atoms with E-state index in [9.17, 15) is 22.8 Å². The van der Waals surface area contributed by atoms with Crippen LogP contribution >= 0.6 is 0 Å². The van der Waals surface area contributed by atoms with E-state index in [0.717, 1.165) is 22.5 Å². The van der Waals surface area contributed by atoms with Gasteiger partial charge in [-0.15, -0.1) is 0 Å². The van der Waals surface area contributed by atoms with Crippen LogP contribution in [0.5, 0.6) is 0 Å². The average molecular weight is 354 g/mol. The second kappa shape index (κ2) is 7.82. The van der Waals surface area contributed by atoms with Crippen molar-refractivity contribution in [3.63, 3.8) is 0 Å². The van der Waals surface area contributed by atoms with Gasteiger partial charge in [-0.2, -0.15) is 18.3 Å². The number of nitrogens with zero attached hydrogens (tertiary/aromatic N) is 3. The molecule has 0 saturated carbocycles. The maximum absolute atomic E-state index is 12.6. The van der Waals surface area contributed by atoms with Crippen molar-refractivity contribution in [2.75, 3.05) is 6.54 Å². The summed E-state index contributed by atoms with van der Waals surface area (Å²) in [6.07, 6.45) is -3.51. The molecule has 1 heterocycles. The topological polar surface area (TPSA) is 81.2 Å². The van der Waals surface area contributed by atoms with E-state index in [0.29, 0.717) is 0 Å². The van der Waals surface area contributed by atoms with Gasteiger partial charge in [0.15, 0.2) is 5.69 Å². The van der Waals surface area contributed by atoms with Crippen LogP contribution in [-0.4, -0.2) is 33.0 Å². The quantitative estimate of drug-likeness (QED) is 0.823. The van der Waals surface area contributed by atoms with Gasteiger partial charge in [-0.1, -0.05) is 30.3 Å². The number of amides is 2. The Bertz CT molecular complexity index is 728. The molecular weight excluding hydrogens is 337 g/mol. The Labute approximate surface area is 142 Å². The van der Waals surface area contributed by atoms with Gasteiger partial charge < -0.3 is 10.6 Å². The monoisotopic (exact) mass is 354 g/mol. The van der Waals surface area contributed by atoms with Crippen LogP contribution in [0.15, 0.2) is 42.6 Å². The van der Waals surface area contributed by atoms with E-state index in [4.69, 9.17) is 5.73 Å². The third-order valence-corrected chi connectivity index (χ3v) is 3.43. The first-order chi connectivity index (χ1) is 11.8. The first kappa shape index (κ1) is 18.5. The smallest absolute Gasteiger partial charge is 0.370 e. The molecule has 0 saturated heterocycles. The summed E-state index contributed by atoms with van der Waals surface area (Å²) in [4.78, 5) is 24.8. The Morgan fingerprint density at radius 1 is 1.16 bits per heavy atom. The number of hydrogen-bond donors (Lipinski definition) is 1. The standard InChI is InChI=1S/C16H17F3N4O2/c17-16(18,19)13-6-9-23(21-13)11-15(25)22(8-7-14(20)24)10-12-4-2-1-3-5-12/h1-6,9H,7-8,10-11H2,(H2,20,24). The molecule has 0 aliphatic rings. The Hall–Kier alpha value is -2.84. The lowest BCUT2D eigenvalue weighted by molar-refractivity contribution is -0.142. The van der Waals surface area contributed by atoms with Crippen molar-refractivity contribution >= 4 is 11.8 Å². The number of alkyl halides is 3. The Kier molecular flexibility index (Phi) is 5.79. The van der Waals surface area contributed by atoms with Gasteiger partial charge in [-0.05, 0) is 11.6 Å². The zero-order valence-electron chi connectivity index (χ0n) is 13.2. The SMILES string of the molecule is NC(=O)CCN(Cc1ccccc1)C(=O)Cn1ccc(C(F)(F)F)n1. The highest BCUT2D eigenvalue weighted by atomic mass is 19.4. The summed E-state index contributed by atoms with van der Waals surface area (Å²) in [6.45, 7) is -0.0571. The summed E-state index contributed by atoms with van der Waals surface area (Å²) in [5.74, 6) is -1.02. The maximum atomic E-state index is 12.6. The maximum Gasteiger partial charge on any atom is 0.435 e. The number of halogens is 3. The van der Waals surface area contributed by atoms with Crippen LogP contribution in [0.2, 0.25) is 0 Å². The van der Waals surface area contributed by atoms with Crippen LogP contribution in [0, 0.1) is 0 Å². The molecule has 0 atom stereocenters. The van der Waals surface area contributed by atoms with Crippen LogP contribution in [0.4, 0.5) is 13.2 Å². The van der Waals surface area contributed by atoms with E-state index in [1.165, 1.54) is 4.90 Å². The molecule has 9 heteroatoms. The highest BCUT2D eigenvalue weighted by molar-refractivity contribution is 5.78. The molecule has 0 aliphatic heterocycles. The molecule has 134 valence electrons. The molecule has 0 unspecified atom stereocenters. The van der Waals surface area contributed by atoms with Crippen molar-refractivity contribution in [1.82, 2.24) is 14.7 Å². The number of aromatic nitrogens is 2. The van der Waals surface area contributed by atoms with Crippen molar-refractivity contribution in [2.45, 2.75) is 25.7 Å². The van der Waals surface area contributed by atoms with Crippen molar-refractivity contribution in [3.8, 4) is 0 Å². The molecule has 0 aliphatic carbocycles. The van der Waals surface area contributed by atoms with Gasteiger partial charge in [-0.25, -0.2) is 0 Å². The molecule has 0 radical (unpaired) electrons. The number of benzene rings is 1. The molecule has 2 amide bonds. The molecule has 0 spiro atoms. The largest absolute Gasteiger partial charge is 0.435 e. The minimum atomic E-state index is -4.57. The highest BCUT2D eigenvalue weighted by Crippen LogP contribution is 2.27. The van der Waals surface area contributed by atoms with Gasteiger partial charge >= 0.3 is 6.18 Å². The predicted octanol–water partition coefficient (Wildman–Crippen LogP) is 1.81. The fourth-order valence-corrected chi connectivity index (χ4v) is 2.18. The Balaban J connectivity index is 2.08. The van der Waals surface area contributed by atoms with E-state index in [1.54, 1.807) is 24.3 Å². The normalized spacial score (nSPS) is 11.3. The van der Waals surface area contributed by atoms with E-state index in [1.807, 2.05) is 6.07 Å². The van der Waals surface area contributed by atoms with Crippen molar-refractivity contribution in [3.05, 3.63) is 53.9 Å². The van der Waals surface area contributed by atoms with Gasteiger partial charge in [0.25, 0.3) is 0 Å². The number of carbonyl (C=O) groups is 2. The van der Waals surface area contributed by atoms with Crippen molar-refractivity contribution in [2.24, 2.45) is 5.73 Å². The lowest BCUT2D eigenvalue weighted by Gasteiger charge is -2.22. The Morgan fingerprint density at radius 2 is 1.84 bits per heavy atom. The summed E-state index contributed by atoms with van der Waals surface area (Å²) < 4.78 is 38.6. The van der Waals surface area contributed by atoms with Crippen LogP contribution in [0.3, 0.4) is 0 Å². The van der Waals surface area contributed by atoms with Crippen molar-refractivity contribution < 1.29 is 22.8 Å². The fourth-order valence-electron chi connectivity index (χ4n) is 2.18. The lowest BCUT2D eigenvalue weighted by atomic mass is 10.2. The summed E-state index contributed by atoms with van der Waals surface area (Å²) >= 11 is 0. The number of primary amides is 1. The fraction of sp³-hybridized carbons (Fsp3) is 0.312. The zero-order chi connectivity index (χ0) is 18.4. The van der Waals surface area contributed by atoms with Gasteiger partial charge in [0.05, 0.1) is 0 Å². The number of carbonyl (C=O) groups excluding carboxylic acids is 2. The van der Waals surface area contributed by atoms with E-state index < -0.39 is 23.7 Å². The second-order valence-corrected chi connectivity index (χ2v) is 5.41. The first-order valence-electron chi connectivity index (χ1n) is 7.46. The van der Waals surface area contributed by atoms with Gasteiger partial charge in [0, 0.05) is 25.7 Å². The molecular formula is C16H17F3N4O2. The predicted molar refractivity (Wildman–Crippen MR) is 82.9 cm³/mol. The summed E-state index contributed by atoms with van der Waals surface area (Å²) in [6, 6.07) is 9.84. The second-order valence-electron chi connectivity index (χ2n) is 5.41. The molecule has 2 N–H and O–H groups in total. The number of rotatable bonds is 7. The molecule has 1 aromatic carbocycles. The molecule has 2 rings (SSSR count). The summed E-state index contributed by atoms with van der Waals surface area (Å²) in [5, 5.41) is 3.36. The highest BCUT2D eigenvalue weighted by Gasteiger charge is 2.33. The molecule has 25 heavy (non-hydrogen) atoms. The average Bonchev–Trinajstić information content (AvgIpc) is 3.01. The molecule has 2 aromatic rings. The minimum absolute atomic E-state index is 0.0362. The summed E-state index contributed by atoms with van der Waals surface area (Å²) in [7, 11) is 0. The van der Waals surface area contributed by atoms with Crippen molar-refractivity contribution in [1.29, 1.82) is 0 Å². The minimum Gasteiger partial charge on any atom is -0.370 e. The molecule has 0 bridgehead atoms. The molecule has 1 aromatic heterocycles. The third kappa shape index (κ3) is 5.63. The summed E-state index contributed by atoms with van der Waals surface area (Å²) in [5.41, 5.74) is 4.89. The van der Waals surface area contributed by atoms with E-state index in [-0.39, 0.29) is 26.1 Å². The first-order valence-corrected chi connectivity index (χ1v) is 7.46. The number of hydrogen-bond acceptors (Lipinski definition) is 3.